The molecule has 0 bridgehead atoms. The Morgan fingerprint density at radius 2 is 2.23 bits per heavy atom. The zero-order valence-corrected chi connectivity index (χ0v) is 8.14. The van der Waals surface area contributed by atoms with Crippen LogP contribution in [0.25, 0.3) is 0 Å². The Kier molecular flexibility index (Phi) is 5.50. The highest BCUT2D eigenvalue weighted by Gasteiger charge is 2.02. The van der Waals surface area contributed by atoms with Gasteiger partial charge in [-0.05, 0) is 20.8 Å². The first kappa shape index (κ1) is 11.6. The van der Waals surface area contributed by atoms with Crippen LogP contribution in [-0.2, 0) is 4.79 Å². The third kappa shape index (κ3) is 6.99. The molecule has 0 unspecified atom stereocenters. The van der Waals surface area contributed by atoms with Gasteiger partial charge in [0.15, 0.2) is 0 Å². The number of rotatable bonds is 5. The molecule has 0 radical (unpaired) electrons. The maximum atomic E-state index is 10.4. The monoisotopic (exact) mass is 185 g/mol. The van der Waals surface area contributed by atoms with Gasteiger partial charge in [0.1, 0.15) is 6.54 Å². The minimum absolute atomic E-state index is 0.0709. The number of carboxylic acid groups (broad SMARTS) is 1. The molecular weight excluding hydrogens is 170 g/mol. The summed E-state index contributed by atoms with van der Waals surface area (Å²) in [6.45, 7) is 5.37. The summed E-state index contributed by atoms with van der Waals surface area (Å²) >= 11 is 0. The van der Waals surface area contributed by atoms with Gasteiger partial charge < -0.3 is 5.11 Å². The van der Waals surface area contributed by atoms with Crippen molar-refractivity contribution in [1.82, 2.24) is 5.01 Å². The lowest BCUT2D eigenvalue weighted by molar-refractivity contribution is -0.137. The Morgan fingerprint density at radius 1 is 1.62 bits per heavy atom. The Labute approximate surface area is 77.7 Å². The molecule has 0 aliphatic rings. The van der Waals surface area contributed by atoms with Gasteiger partial charge in [-0.1, -0.05) is 11.3 Å². The summed E-state index contributed by atoms with van der Waals surface area (Å²) in [5, 5.41) is 17.4. The standard InChI is InChI=1S/C8H15N3O2/c1-4-5-11(6-8(12)13)10-9-7(2)3/h4-5,7H,6H2,1-3H3,(H,12,13)/b5-4-,10-9+. The van der Waals surface area contributed by atoms with Gasteiger partial charge in [0.05, 0.1) is 6.04 Å². The molecule has 5 nitrogen and oxygen atoms in total. The van der Waals surface area contributed by atoms with E-state index in [4.69, 9.17) is 5.11 Å². The summed E-state index contributed by atoms with van der Waals surface area (Å²) < 4.78 is 0. The first-order valence-electron chi connectivity index (χ1n) is 4.08. The van der Waals surface area contributed by atoms with Crippen molar-refractivity contribution < 1.29 is 9.90 Å². The highest BCUT2D eigenvalue weighted by Crippen LogP contribution is 1.95. The normalized spacial score (nSPS) is 11.7. The van der Waals surface area contributed by atoms with Crippen molar-refractivity contribution in [2.75, 3.05) is 6.54 Å². The van der Waals surface area contributed by atoms with Crippen LogP contribution in [0.5, 0.6) is 0 Å². The highest BCUT2D eigenvalue weighted by atomic mass is 16.4. The second kappa shape index (κ2) is 6.16. The summed E-state index contributed by atoms with van der Waals surface area (Å²) in [6.07, 6.45) is 3.28. The molecule has 0 saturated heterocycles. The second-order valence-corrected chi connectivity index (χ2v) is 2.77. The van der Waals surface area contributed by atoms with Crippen molar-refractivity contribution in [1.29, 1.82) is 0 Å². The van der Waals surface area contributed by atoms with Crippen LogP contribution >= 0.6 is 0 Å². The number of nitrogens with zero attached hydrogens (tertiary/aromatic N) is 3. The molecule has 13 heavy (non-hydrogen) atoms. The van der Waals surface area contributed by atoms with Crippen LogP contribution in [0.15, 0.2) is 22.6 Å². The van der Waals surface area contributed by atoms with E-state index in [1.54, 1.807) is 19.2 Å². The van der Waals surface area contributed by atoms with E-state index in [-0.39, 0.29) is 12.6 Å². The first-order valence-corrected chi connectivity index (χ1v) is 4.08. The van der Waals surface area contributed by atoms with E-state index in [1.807, 2.05) is 13.8 Å². The predicted molar refractivity (Wildman–Crippen MR) is 49.1 cm³/mol. The molecule has 1 N–H and O–H groups in total. The van der Waals surface area contributed by atoms with Gasteiger partial charge >= 0.3 is 5.97 Å². The molecule has 0 aromatic heterocycles. The first-order chi connectivity index (χ1) is 6.06. The highest BCUT2D eigenvalue weighted by molar-refractivity contribution is 5.69. The molecule has 0 atom stereocenters. The Morgan fingerprint density at radius 3 is 2.62 bits per heavy atom. The lowest BCUT2D eigenvalue weighted by Crippen LogP contribution is -2.19. The average molecular weight is 185 g/mol. The molecule has 0 aromatic carbocycles. The summed E-state index contributed by atoms with van der Waals surface area (Å²) in [6, 6.07) is 0.0709. The molecule has 0 aliphatic carbocycles. The molecule has 74 valence electrons. The molecule has 0 aliphatic heterocycles. The third-order valence-electron chi connectivity index (χ3n) is 1.02. The zero-order chi connectivity index (χ0) is 10.3. The van der Waals surface area contributed by atoms with Crippen LogP contribution in [0.4, 0.5) is 0 Å². The summed E-state index contributed by atoms with van der Waals surface area (Å²) in [5.74, 6) is -0.930. The van der Waals surface area contributed by atoms with Crippen molar-refractivity contribution in [3.05, 3.63) is 12.3 Å². The van der Waals surface area contributed by atoms with E-state index >= 15 is 0 Å². The lowest BCUT2D eigenvalue weighted by atomic mass is 10.4. The average Bonchev–Trinajstić information content (AvgIpc) is 1.99. The fourth-order valence-corrected chi connectivity index (χ4v) is 0.594. The second-order valence-electron chi connectivity index (χ2n) is 2.77. The van der Waals surface area contributed by atoms with Crippen LogP contribution in [0.3, 0.4) is 0 Å². The van der Waals surface area contributed by atoms with Crippen LogP contribution in [0, 0.1) is 0 Å². The number of carbonyl (C=O) groups is 1. The van der Waals surface area contributed by atoms with Crippen LogP contribution in [0.1, 0.15) is 20.8 Å². The molecule has 0 fully saturated rings. The largest absolute Gasteiger partial charge is 0.480 e. The molecule has 0 saturated carbocycles. The van der Waals surface area contributed by atoms with Crippen molar-refractivity contribution >= 4 is 5.97 Å². The fourth-order valence-electron chi connectivity index (χ4n) is 0.594. The van der Waals surface area contributed by atoms with Gasteiger partial charge in [-0.15, -0.1) is 0 Å². The Hall–Kier alpha value is -1.39. The smallest absolute Gasteiger partial charge is 0.325 e. The molecule has 0 amide bonds. The Bertz CT molecular complexity index is 211. The minimum atomic E-state index is -0.930. The molecule has 0 rings (SSSR count). The molecule has 0 aromatic rings. The van der Waals surface area contributed by atoms with E-state index in [1.165, 1.54) is 5.01 Å². The topological polar surface area (TPSA) is 65.3 Å². The number of hydrogen-bond acceptors (Lipinski definition) is 3. The number of allylic oxidation sites excluding steroid dienone is 1. The van der Waals surface area contributed by atoms with E-state index < -0.39 is 5.97 Å². The van der Waals surface area contributed by atoms with Gasteiger partial charge in [-0.3, -0.25) is 4.79 Å². The van der Waals surface area contributed by atoms with Gasteiger partial charge in [-0.25, -0.2) is 5.01 Å². The zero-order valence-electron chi connectivity index (χ0n) is 8.14. The fraction of sp³-hybridized carbons (Fsp3) is 0.625. The lowest BCUT2D eigenvalue weighted by Gasteiger charge is -2.09. The minimum Gasteiger partial charge on any atom is -0.480 e. The molecule has 0 heterocycles. The van der Waals surface area contributed by atoms with Crippen LogP contribution < -0.4 is 0 Å². The maximum absolute atomic E-state index is 10.4. The quantitative estimate of drug-likeness (QED) is 0.523. The predicted octanol–water partition coefficient (Wildman–Crippen LogP) is 1.68. The van der Waals surface area contributed by atoms with Crippen molar-refractivity contribution in [3.63, 3.8) is 0 Å². The molecule has 5 heteroatoms. The van der Waals surface area contributed by atoms with Crippen LogP contribution in [-0.4, -0.2) is 28.7 Å². The van der Waals surface area contributed by atoms with Crippen molar-refractivity contribution in [2.45, 2.75) is 26.8 Å². The van der Waals surface area contributed by atoms with Gasteiger partial charge in [0.25, 0.3) is 0 Å². The van der Waals surface area contributed by atoms with E-state index in [9.17, 15) is 4.79 Å². The van der Waals surface area contributed by atoms with Gasteiger partial charge in [0.2, 0.25) is 0 Å². The SMILES string of the molecule is C/C=C\N(CC(=O)O)/N=N/C(C)C. The summed E-state index contributed by atoms with van der Waals surface area (Å²) in [4.78, 5) is 10.4. The summed E-state index contributed by atoms with van der Waals surface area (Å²) in [5.41, 5.74) is 0. The molecular formula is C8H15N3O2. The van der Waals surface area contributed by atoms with E-state index in [0.29, 0.717) is 0 Å². The Balaban J connectivity index is 4.17. The number of carboxylic acids is 1. The summed E-state index contributed by atoms with van der Waals surface area (Å²) in [7, 11) is 0. The van der Waals surface area contributed by atoms with E-state index in [2.05, 4.69) is 10.3 Å². The van der Waals surface area contributed by atoms with Crippen molar-refractivity contribution in [3.8, 4) is 0 Å². The third-order valence-corrected chi connectivity index (χ3v) is 1.02. The molecule has 0 spiro atoms. The van der Waals surface area contributed by atoms with Gasteiger partial charge in [-0.2, -0.15) is 5.11 Å². The number of hydrogen-bond donors (Lipinski definition) is 1. The van der Waals surface area contributed by atoms with Crippen molar-refractivity contribution in [2.24, 2.45) is 10.3 Å². The van der Waals surface area contributed by atoms with E-state index in [0.717, 1.165) is 0 Å². The van der Waals surface area contributed by atoms with Crippen LogP contribution in [0.2, 0.25) is 0 Å². The number of aliphatic carboxylic acids is 1. The van der Waals surface area contributed by atoms with Gasteiger partial charge in [0, 0.05) is 6.20 Å². The maximum Gasteiger partial charge on any atom is 0.325 e.